The van der Waals surface area contributed by atoms with Gasteiger partial charge in [-0.25, -0.2) is 4.68 Å². The monoisotopic (exact) mass is 302 g/mol. The van der Waals surface area contributed by atoms with Gasteiger partial charge in [-0.2, -0.15) is 0 Å². The zero-order valence-corrected chi connectivity index (χ0v) is 14.7. The topological polar surface area (TPSA) is 34.0 Å². The summed E-state index contributed by atoms with van der Waals surface area (Å²) in [5.74, 6) is 1.42. The summed E-state index contributed by atoms with van der Waals surface area (Å²) in [7, 11) is 0. The summed E-state index contributed by atoms with van der Waals surface area (Å²) in [5.41, 5.74) is 3.35. The van der Waals surface area contributed by atoms with Crippen molar-refractivity contribution in [3.63, 3.8) is 0 Å². The molecule has 0 radical (unpaired) electrons. The number of hydrogen-bond donors (Lipinski definition) is 0. The normalized spacial score (nSPS) is 14.6. The Morgan fingerprint density at radius 2 is 1.73 bits per heavy atom. The molecule has 2 unspecified atom stereocenters. The maximum Gasteiger partial charge on any atom is 0.116 e. The summed E-state index contributed by atoms with van der Waals surface area (Å²) in [6.45, 7) is 14.3. The molecule has 0 N–H and O–H groups in total. The van der Waals surface area contributed by atoms with Crippen LogP contribution < -0.4 is 0 Å². The number of nitrogens with zero attached hydrogens (tertiary/aromatic N) is 4. The molecular weight excluding hydrogens is 272 g/mol. The van der Waals surface area contributed by atoms with Crippen molar-refractivity contribution in [3.8, 4) is 0 Å². The van der Waals surface area contributed by atoms with Crippen LogP contribution in [-0.2, 0) is 6.67 Å². The molecule has 0 aliphatic heterocycles. The van der Waals surface area contributed by atoms with Crippen molar-refractivity contribution < 1.29 is 0 Å². The van der Waals surface area contributed by atoms with Crippen LogP contribution in [0, 0.1) is 18.8 Å². The van der Waals surface area contributed by atoms with Gasteiger partial charge in [0.1, 0.15) is 5.52 Å². The molecule has 122 valence electrons. The number of fused-ring (bicyclic) bond motifs is 1. The second kappa shape index (κ2) is 7.73. The van der Waals surface area contributed by atoms with E-state index in [1.807, 2.05) is 4.68 Å². The molecule has 1 aromatic heterocycles. The molecule has 4 heteroatoms. The number of benzene rings is 1. The smallest absolute Gasteiger partial charge is 0.116 e. The standard InChI is InChI=1S/C18H30N4/c1-6-14(3)11-21(12-15(4)7-2)13-22-17-10-8-9-16(5)18(17)19-20-22/h8-10,14-15H,6-7,11-13H2,1-5H3. The first-order valence-corrected chi connectivity index (χ1v) is 8.56. The van der Waals surface area contributed by atoms with Gasteiger partial charge < -0.3 is 0 Å². The Morgan fingerprint density at radius 1 is 1.09 bits per heavy atom. The fourth-order valence-electron chi connectivity index (χ4n) is 2.75. The van der Waals surface area contributed by atoms with Crippen molar-refractivity contribution in [2.75, 3.05) is 13.1 Å². The molecule has 2 aromatic rings. The third-order valence-electron chi connectivity index (χ3n) is 4.61. The fraction of sp³-hybridized carbons (Fsp3) is 0.667. The van der Waals surface area contributed by atoms with Crippen LogP contribution in [0.1, 0.15) is 46.1 Å². The molecule has 0 saturated carbocycles. The number of rotatable bonds is 8. The summed E-state index contributed by atoms with van der Waals surface area (Å²) >= 11 is 0. The van der Waals surface area contributed by atoms with E-state index >= 15 is 0 Å². The predicted molar refractivity (Wildman–Crippen MR) is 92.7 cm³/mol. The molecule has 0 saturated heterocycles. The quantitative estimate of drug-likeness (QED) is 0.736. The first-order valence-electron chi connectivity index (χ1n) is 8.56. The van der Waals surface area contributed by atoms with Crippen LogP contribution in [0.5, 0.6) is 0 Å². The molecule has 0 aliphatic carbocycles. The van der Waals surface area contributed by atoms with Gasteiger partial charge in [0.25, 0.3) is 0 Å². The summed E-state index contributed by atoms with van der Waals surface area (Å²) in [4.78, 5) is 2.53. The van der Waals surface area contributed by atoms with Crippen LogP contribution in [0.2, 0.25) is 0 Å². The van der Waals surface area contributed by atoms with Crippen LogP contribution >= 0.6 is 0 Å². The molecule has 2 atom stereocenters. The minimum absolute atomic E-state index is 0.709. The van der Waals surface area contributed by atoms with E-state index in [2.05, 4.69) is 68.0 Å². The van der Waals surface area contributed by atoms with Gasteiger partial charge in [0, 0.05) is 13.1 Å². The van der Waals surface area contributed by atoms with E-state index < -0.39 is 0 Å². The Hall–Kier alpha value is -1.42. The average Bonchev–Trinajstić information content (AvgIpc) is 2.91. The van der Waals surface area contributed by atoms with Gasteiger partial charge >= 0.3 is 0 Å². The second-order valence-corrected chi connectivity index (χ2v) is 6.74. The predicted octanol–water partition coefficient (Wildman–Crippen LogP) is 4.09. The maximum absolute atomic E-state index is 4.39. The molecule has 0 aliphatic rings. The van der Waals surface area contributed by atoms with Crippen LogP contribution in [0.15, 0.2) is 18.2 Å². The van der Waals surface area contributed by atoms with Crippen molar-refractivity contribution in [2.45, 2.75) is 54.1 Å². The van der Waals surface area contributed by atoms with Crippen molar-refractivity contribution in [1.82, 2.24) is 19.9 Å². The van der Waals surface area contributed by atoms with Crippen molar-refractivity contribution in [1.29, 1.82) is 0 Å². The molecule has 1 aromatic carbocycles. The lowest BCUT2D eigenvalue weighted by atomic mass is 10.1. The lowest BCUT2D eigenvalue weighted by Crippen LogP contribution is -2.34. The Labute approximate surface area is 134 Å². The van der Waals surface area contributed by atoms with E-state index in [0.29, 0.717) is 11.8 Å². The van der Waals surface area contributed by atoms with Crippen molar-refractivity contribution in [2.24, 2.45) is 11.8 Å². The van der Waals surface area contributed by atoms with Gasteiger partial charge in [-0.3, -0.25) is 4.90 Å². The van der Waals surface area contributed by atoms with Gasteiger partial charge in [-0.15, -0.1) is 5.10 Å². The van der Waals surface area contributed by atoms with E-state index in [0.717, 1.165) is 30.8 Å². The molecule has 0 amide bonds. The molecule has 4 nitrogen and oxygen atoms in total. The van der Waals surface area contributed by atoms with Gasteiger partial charge in [-0.05, 0) is 30.4 Å². The Kier molecular flexibility index (Phi) is 5.95. The first-order chi connectivity index (χ1) is 10.5. The number of aryl methyl sites for hydroxylation is 1. The Bertz CT molecular complexity index is 578. The van der Waals surface area contributed by atoms with Crippen LogP contribution in [-0.4, -0.2) is 33.0 Å². The van der Waals surface area contributed by atoms with Gasteiger partial charge in [0.05, 0.1) is 12.2 Å². The molecule has 22 heavy (non-hydrogen) atoms. The fourth-order valence-corrected chi connectivity index (χ4v) is 2.75. The summed E-state index contributed by atoms with van der Waals surface area (Å²) in [6.07, 6.45) is 2.43. The van der Waals surface area contributed by atoms with Gasteiger partial charge in [0.2, 0.25) is 0 Å². The van der Waals surface area contributed by atoms with E-state index in [4.69, 9.17) is 0 Å². The highest BCUT2D eigenvalue weighted by Crippen LogP contribution is 2.17. The molecular formula is C18H30N4. The lowest BCUT2D eigenvalue weighted by Gasteiger charge is -2.27. The Morgan fingerprint density at radius 3 is 2.32 bits per heavy atom. The highest BCUT2D eigenvalue weighted by atomic mass is 15.5. The van der Waals surface area contributed by atoms with Crippen molar-refractivity contribution >= 4 is 11.0 Å². The second-order valence-electron chi connectivity index (χ2n) is 6.74. The van der Waals surface area contributed by atoms with E-state index in [9.17, 15) is 0 Å². The number of aromatic nitrogens is 3. The SMILES string of the molecule is CCC(C)CN(CC(C)CC)Cn1nnc2c(C)cccc21. The molecule has 1 heterocycles. The zero-order valence-electron chi connectivity index (χ0n) is 14.7. The minimum Gasteiger partial charge on any atom is -0.284 e. The highest BCUT2D eigenvalue weighted by molar-refractivity contribution is 5.77. The third kappa shape index (κ3) is 4.07. The van der Waals surface area contributed by atoms with Crippen LogP contribution in [0.25, 0.3) is 11.0 Å². The van der Waals surface area contributed by atoms with Gasteiger partial charge in [0.15, 0.2) is 0 Å². The van der Waals surface area contributed by atoms with E-state index in [1.165, 1.54) is 18.4 Å². The number of hydrogen-bond acceptors (Lipinski definition) is 3. The maximum atomic E-state index is 4.39. The first kappa shape index (κ1) is 16.9. The van der Waals surface area contributed by atoms with E-state index in [-0.39, 0.29) is 0 Å². The largest absolute Gasteiger partial charge is 0.284 e. The molecule has 0 fully saturated rings. The summed E-state index contributed by atoms with van der Waals surface area (Å²) in [5, 5.41) is 8.74. The third-order valence-corrected chi connectivity index (χ3v) is 4.61. The van der Waals surface area contributed by atoms with E-state index in [1.54, 1.807) is 0 Å². The minimum atomic E-state index is 0.709. The zero-order chi connectivity index (χ0) is 16.1. The van der Waals surface area contributed by atoms with Gasteiger partial charge in [-0.1, -0.05) is 57.9 Å². The average molecular weight is 302 g/mol. The Balaban J connectivity index is 2.18. The molecule has 2 rings (SSSR count). The molecule has 0 spiro atoms. The highest BCUT2D eigenvalue weighted by Gasteiger charge is 2.15. The van der Waals surface area contributed by atoms with Crippen molar-refractivity contribution in [3.05, 3.63) is 23.8 Å². The summed E-state index contributed by atoms with van der Waals surface area (Å²) < 4.78 is 2.05. The van der Waals surface area contributed by atoms with Crippen LogP contribution in [0.4, 0.5) is 0 Å². The lowest BCUT2D eigenvalue weighted by molar-refractivity contribution is 0.156. The summed E-state index contributed by atoms with van der Waals surface area (Å²) in [6, 6.07) is 6.30. The van der Waals surface area contributed by atoms with Crippen LogP contribution in [0.3, 0.4) is 0 Å². The molecule has 0 bridgehead atoms.